The third kappa shape index (κ3) is 3.29. The molecule has 0 amide bonds. The van der Waals surface area contributed by atoms with Gasteiger partial charge in [0.25, 0.3) is 0 Å². The summed E-state index contributed by atoms with van der Waals surface area (Å²) >= 11 is 11.5. The summed E-state index contributed by atoms with van der Waals surface area (Å²) in [5.74, 6) is -0.613. The number of rotatable bonds is 1. The molecule has 0 aliphatic rings. The van der Waals surface area contributed by atoms with Gasteiger partial charge in [0, 0.05) is 10.5 Å². The number of nitrogens with zero attached hydrogens (tertiary/aromatic N) is 1. The number of ether oxygens (including phenoxy) is 1. The van der Waals surface area contributed by atoms with Crippen LogP contribution in [0.15, 0.2) is 15.0 Å². The molecule has 0 atom stereocenters. The molecule has 0 bridgehead atoms. The van der Waals surface area contributed by atoms with E-state index in [1.807, 2.05) is 0 Å². The topological polar surface area (TPSA) is 22.1 Å². The highest BCUT2D eigenvalue weighted by molar-refractivity contribution is 9.13. The van der Waals surface area contributed by atoms with Crippen LogP contribution in [0.2, 0.25) is 5.15 Å². The van der Waals surface area contributed by atoms with Gasteiger partial charge in [0.2, 0.25) is 5.88 Å². The van der Waals surface area contributed by atoms with Crippen molar-refractivity contribution < 1.29 is 17.9 Å². The Morgan fingerprint density at radius 1 is 1.36 bits per heavy atom. The van der Waals surface area contributed by atoms with Crippen LogP contribution in [-0.2, 0) is 0 Å². The first kappa shape index (κ1) is 12.1. The molecule has 0 radical (unpaired) electrons. The molecule has 0 saturated heterocycles. The van der Waals surface area contributed by atoms with Crippen LogP contribution in [0.25, 0.3) is 0 Å². The summed E-state index contributed by atoms with van der Waals surface area (Å²) < 4.78 is 39.6. The van der Waals surface area contributed by atoms with Crippen molar-refractivity contribution >= 4 is 43.5 Å². The molecule has 1 aromatic heterocycles. The van der Waals surface area contributed by atoms with E-state index in [2.05, 4.69) is 41.6 Å². The third-order valence-electron chi connectivity index (χ3n) is 1.07. The lowest BCUT2D eigenvalue weighted by molar-refractivity contribution is -0.276. The van der Waals surface area contributed by atoms with E-state index < -0.39 is 12.2 Å². The Labute approximate surface area is 98.7 Å². The van der Waals surface area contributed by atoms with Crippen molar-refractivity contribution in [2.75, 3.05) is 0 Å². The summed E-state index contributed by atoms with van der Waals surface area (Å²) in [7, 11) is 0. The molecule has 14 heavy (non-hydrogen) atoms. The van der Waals surface area contributed by atoms with Crippen LogP contribution in [-0.4, -0.2) is 11.3 Å². The van der Waals surface area contributed by atoms with Gasteiger partial charge < -0.3 is 4.74 Å². The molecule has 1 heterocycles. The summed E-state index contributed by atoms with van der Waals surface area (Å²) in [6.07, 6.45) is -4.77. The Balaban J connectivity index is 3.02. The summed E-state index contributed by atoms with van der Waals surface area (Å²) in [5, 5.41) is -0.112. The first-order valence-corrected chi connectivity index (χ1v) is 5.03. The predicted molar refractivity (Wildman–Crippen MR) is 51.3 cm³/mol. The zero-order valence-electron chi connectivity index (χ0n) is 6.20. The van der Waals surface area contributed by atoms with Gasteiger partial charge in [0.05, 0.1) is 4.47 Å². The number of pyridine rings is 1. The van der Waals surface area contributed by atoms with Crippen LogP contribution in [0.4, 0.5) is 13.2 Å². The average molecular weight is 355 g/mol. The van der Waals surface area contributed by atoms with Crippen molar-refractivity contribution in [3.63, 3.8) is 0 Å². The quantitative estimate of drug-likeness (QED) is 0.706. The molecule has 0 spiro atoms. The van der Waals surface area contributed by atoms with E-state index >= 15 is 0 Å². The van der Waals surface area contributed by atoms with Crippen molar-refractivity contribution in [1.29, 1.82) is 0 Å². The maximum Gasteiger partial charge on any atom is 0.574 e. The molecule has 0 aliphatic carbocycles. The summed E-state index contributed by atoms with van der Waals surface area (Å²) in [4.78, 5) is 3.37. The fraction of sp³-hybridized carbons (Fsp3) is 0.167. The normalized spacial score (nSPS) is 11.6. The van der Waals surface area contributed by atoms with Crippen LogP contribution >= 0.6 is 43.5 Å². The lowest BCUT2D eigenvalue weighted by Gasteiger charge is -2.08. The molecule has 0 unspecified atom stereocenters. The summed E-state index contributed by atoms with van der Waals surface area (Å²) in [6, 6.07) is 1.06. The van der Waals surface area contributed by atoms with Gasteiger partial charge in [-0.3, -0.25) is 0 Å². The van der Waals surface area contributed by atoms with Gasteiger partial charge in [-0.15, -0.1) is 13.2 Å². The number of hydrogen-bond donors (Lipinski definition) is 0. The zero-order chi connectivity index (χ0) is 10.9. The van der Waals surface area contributed by atoms with E-state index in [-0.39, 0.29) is 5.15 Å². The Morgan fingerprint density at radius 3 is 2.36 bits per heavy atom. The van der Waals surface area contributed by atoms with Crippen molar-refractivity contribution in [1.82, 2.24) is 4.98 Å². The van der Waals surface area contributed by atoms with Gasteiger partial charge in [-0.05, 0) is 31.9 Å². The van der Waals surface area contributed by atoms with Crippen LogP contribution in [0.5, 0.6) is 5.88 Å². The maximum atomic E-state index is 11.8. The summed E-state index contributed by atoms with van der Waals surface area (Å²) in [5.41, 5.74) is 0. The monoisotopic (exact) mass is 353 g/mol. The van der Waals surface area contributed by atoms with Crippen molar-refractivity contribution in [3.8, 4) is 5.88 Å². The van der Waals surface area contributed by atoms with E-state index in [0.29, 0.717) is 8.95 Å². The van der Waals surface area contributed by atoms with Crippen molar-refractivity contribution in [2.45, 2.75) is 6.36 Å². The molecule has 0 aliphatic heterocycles. The van der Waals surface area contributed by atoms with E-state index in [0.717, 1.165) is 6.07 Å². The largest absolute Gasteiger partial charge is 0.574 e. The summed E-state index contributed by atoms with van der Waals surface area (Å²) in [6.45, 7) is 0. The van der Waals surface area contributed by atoms with Gasteiger partial charge in [0.1, 0.15) is 5.15 Å². The number of aromatic nitrogens is 1. The highest BCUT2D eigenvalue weighted by Gasteiger charge is 2.32. The Bertz CT molecular complexity index is 334. The van der Waals surface area contributed by atoms with Gasteiger partial charge in [-0.25, -0.2) is 4.98 Å². The minimum atomic E-state index is -4.77. The van der Waals surface area contributed by atoms with Crippen LogP contribution in [0.1, 0.15) is 0 Å². The first-order chi connectivity index (χ1) is 6.29. The fourth-order valence-electron chi connectivity index (χ4n) is 0.619. The Hall–Kier alpha value is -0.0100. The molecule has 0 aromatic carbocycles. The second-order valence-corrected chi connectivity index (χ2v) is 4.10. The molecule has 1 aromatic rings. The second-order valence-electron chi connectivity index (χ2n) is 2.09. The standard InChI is InChI=1S/C6HBr2ClF3NO/c7-2-1-3(14-6(10,11)12)13-5(9)4(2)8/h1H. The molecular weight excluding hydrogens is 354 g/mol. The van der Waals surface area contributed by atoms with Crippen LogP contribution in [0.3, 0.4) is 0 Å². The molecule has 78 valence electrons. The second kappa shape index (κ2) is 4.24. The third-order valence-corrected chi connectivity index (χ3v) is 3.53. The molecule has 1 rings (SSSR count). The molecule has 2 nitrogen and oxygen atoms in total. The van der Waals surface area contributed by atoms with E-state index in [1.165, 1.54) is 0 Å². The number of halogens is 6. The van der Waals surface area contributed by atoms with Crippen LogP contribution in [0, 0.1) is 0 Å². The minimum absolute atomic E-state index is 0.112. The molecule has 8 heteroatoms. The van der Waals surface area contributed by atoms with E-state index in [9.17, 15) is 13.2 Å². The van der Waals surface area contributed by atoms with Crippen molar-refractivity contribution in [3.05, 3.63) is 20.2 Å². The highest BCUT2D eigenvalue weighted by Crippen LogP contribution is 2.33. The Kier molecular flexibility index (Phi) is 3.65. The average Bonchev–Trinajstić information content (AvgIpc) is 1.96. The molecule has 0 N–H and O–H groups in total. The molecule has 0 saturated carbocycles. The lowest BCUT2D eigenvalue weighted by atomic mass is 10.5. The smallest absolute Gasteiger partial charge is 0.388 e. The van der Waals surface area contributed by atoms with Gasteiger partial charge in [-0.2, -0.15) is 0 Å². The molecule has 0 fully saturated rings. The number of hydrogen-bond acceptors (Lipinski definition) is 2. The zero-order valence-corrected chi connectivity index (χ0v) is 10.1. The van der Waals surface area contributed by atoms with Crippen molar-refractivity contribution in [2.24, 2.45) is 0 Å². The fourth-order valence-corrected chi connectivity index (χ4v) is 1.51. The Morgan fingerprint density at radius 2 is 1.93 bits per heavy atom. The first-order valence-electron chi connectivity index (χ1n) is 3.07. The molecular formula is C6HBr2ClF3NO. The van der Waals surface area contributed by atoms with Gasteiger partial charge in [0.15, 0.2) is 0 Å². The predicted octanol–water partition coefficient (Wildman–Crippen LogP) is 4.16. The van der Waals surface area contributed by atoms with Gasteiger partial charge >= 0.3 is 6.36 Å². The highest BCUT2D eigenvalue weighted by atomic mass is 79.9. The SMILES string of the molecule is FC(F)(F)Oc1cc(Br)c(Br)c(Cl)n1. The van der Waals surface area contributed by atoms with Gasteiger partial charge in [-0.1, -0.05) is 11.6 Å². The minimum Gasteiger partial charge on any atom is -0.388 e. The maximum absolute atomic E-state index is 11.8. The van der Waals surface area contributed by atoms with E-state index in [1.54, 1.807) is 0 Å². The lowest BCUT2D eigenvalue weighted by Crippen LogP contribution is -2.18. The van der Waals surface area contributed by atoms with Crippen LogP contribution < -0.4 is 4.74 Å². The number of alkyl halides is 3. The van der Waals surface area contributed by atoms with E-state index in [4.69, 9.17) is 11.6 Å².